The van der Waals surface area contributed by atoms with E-state index in [1.165, 1.54) is 77.0 Å². The fraction of sp³-hybridized carbons (Fsp3) is 0.875. The smallest absolute Gasteiger partial charge is 0.119 e. The van der Waals surface area contributed by atoms with Crippen LogP contribution >= 0.6 is 0 Å². The molecule has 4 N–H and O–H groups in total. The van der Waals surface area contributed by atoms with Crippen LogP contribution in [0.1, 0.15) is 96.8 Å². The summed E-state index contributed by atoms with van der Waals surface area (Å²) in [6.07, 6.45) is 21.8. The van der Waals surface area contributed by atoms with E-state index in [1.807, 2.05) is 0 Å². The molecule has 0 aliphatic heterocycles. The number of aliphatic hydroxyl groups is 4. The Kier molecular flexibility index (Phi) is 29.5. The van der Waals surface area contributed by atoms with Gasteiger partial charge in [-0.1, -0.05) is 70.4 Å². The van der Waals surface area contributed by atoms with Crippen LogP contribution in [0.4, 0.5) is 0 Å². The van der Waals surface area contributed by atoms with Gasteiger partial charge in [-0.2, -0.15) is 0 Å². The van der Waals surface area contributed by atoms with Gasteiger partial charge in [0.2, 0.25) is 0 Å². The van der Waals surface area contributed by atoms with Crippen molar-refractivity contribution in [3.63, 3.8) is 0 Å². The summed E-state index contributed by atoms with van der Waals surface area (Å²) in [6, 6.07) is 0. The van der Waals surface area contributed by atoms with E-state index in [4.69, 9.17) is 25.2 Å². The van der Waals surface area contributed by atoms with Crippen LogP contribution in [0.5, 0.6) is 0 Å². The van der Waals surface area contributed by atoms with Crippen molar-refractivity contribution in [2.75, 3.05) is 26.4 Å². The Labute approximate surface area is 184 Å². The van der Waals surface area contributed by atoms with Gasteiger partial charge in [-0.25, -0.2) is 0 Å². The molecular weight excluding hydrogens is 384 g/mol. The Morgan fingerprint density at radius 2 is 1.07 bits per heavy atom. The Bertz CT molecular complexity index is 339. The van der Waals surface area contributed by atoms with E-state index in [9.17, 15) is 4.79 Å². The van der Waals surface area contributed by atoms with Crippen molar-refractivity contribution in [1.29, 1.82) is 0 Å². The zero-order chi connectivity index (χ0) is 22.7. The van der Waals surface area contributed by atoms with Crippen LogP contribution in [0.2, 0.25) is 0 Å². The minimum atomic E-state index is -0.916. The number of unbranched alkanes of at least 4 members (excludes halogenated alkanes) is 12. The van der Waals surface area contributed by atoms with Gasteiger partial charge in [-0.3, -0.25) is 0 Å². The molecule has 0 rings (SSSR count). The highest BCUT2D eigenvalue weighted by atomic mass is 16.5. The van der Waals surface area contributed by atoms with Crippen LogP contribution in [-0.4, -0.2) is 65.3 Å². The summed E-state index contributed by atoms with van der Waals surface area (Å²) in [6.45, 7) is 1.47. The third kappa shape index (κ3) is 29.4. The maximum absolute atomic E-state index is 10.1. The van der Waals surface area contributed by atoms with E-state index in [0.717, 1.165) is 19.1 Å². The van der Waals surface area contributed by atoms with Crippen LogP contribution in [0, 0.1) is 0 Å². The first kappa shape index (κ1) is 31.4. The van der Waals surface area contributed by atoms with Crippen molar-refractivity contribution in [3.05, 3.63) is 12.2 Å². The fourth-order valence-electron chi connectivity index (χ4n) is 2.74. The lowest BCUT2D eigenvalue weighted by atomic mass is 10.1. The molecular formula is C24H48O6. The minimum Gasteiger partial charge on any atom is -0.394 e. The van der Waals surface area contributed by atoms with Crippen molar-refractivity contribution in [2.24, 2.45) is 0 Å². The number of carbonyl (C=O) groups excluding carboxylic acids is 1. The van der Waals surface area contributed by atoms with Gasteiger partial charge in [-0.15, -0.1) is 0 Å². The van der Waals surface area contributed by atoms with Gasteiger partial charge in [0.05, 0.1) is 26.4 Å². The average molecular weight is 433 g/mol. The molecule has 0 radical (unpaired) electrons. The van der Waals surface area contributed by atoms with Crippen LogP contribution in [0.25, 0.3) is 0 Å². The second-order valence-corrected chi connectivity index (χ2v) is 7.75. The Morgan fingerprint density at radius 3 is 1.47 bits per heavy atom. The van der Waals surface area contributed by atoms with Crippen molar-refractivity contribution in [1.82, 2.24) is 0 Å². The Hall–Kier alpha value is -0.790. The maximum Gasteiger partial charge on any atom is 0.119 e. The molecule has 0 aliphatic carbocycles. The summed E-state index contributed by atoms with van der Waals surface area (Å²) >= 11 is 0. The van der Waals surface area contributed by atoms with Crippen LogP contribution < -0.4 is 0 Å². The molecule has 6 heteroatoms. The van der Waals surface area contributed by atoms with Gasteiger partial charge in [0.1, 0.15) is 18.5 Å². The second-order valence-electron chi connectivity index (χ2n) is 7.75. The number of aldehydes is 1. The van der Waals surface area contributed by atoms with E-state index < -0.39 is 12.2 Å². The van der Waals surface area contributed by atoms with Crippen LogP contribution in [0.15, 0.2) is 12.2 Å². The number of aliphatic hydroxyl groups excluding tert-OH is 4. The molecule has 0 amide bonds. The lowest BCUT2D eigenvalue weighted by Gasteiger charge is -2.10. The summed E-state index contributed by atoms with van der Waals surface area (Å²) in [5, 5.41) is 34.1. The average Bonchev–Trinajstić information content (AvgIpc) is 2.76. The quantitative estimate of drug-likeness (QED) is 0.124. The molecule has 2 unspecified atom stereocenters. The predicted octanol–water partition coefficient (Wildman–Crippen LogP) is 3.93. The highest BCUT2D eigenvalue weighted by molar-refractivity contribution is 5.48. The number of ether oxygens (including phenoxy) is 1. The van der Waals surface area contributed by atoms with Gasteiger partial charge >= 0.3 is 0 Å². The molecule has 0 spiro atoms. The van der Waals surface area contributed by atoms with E-state index in [2.05, 4.69) is 19.1 Å². The molecule has 30 heavy (non-hydrogen) atoms. The largest absolute Gasteiger partial charge is 0.394 e. The maximum atomic E-state index is 10.1. The first-order valence-corrected chi connectivity index (χ1v) is 11.9. The van der Waals surface area contributed by atoms with Gasteiger partial charge < -0.3 is 30.0 Å². The summed E-state index contributed by atoms with van der Waals surface area (Å²) < 4.78 is 4.72. The van der Waals surface area contributed by atoms with Gasteiger partial charge in [0.25, 0.3) is 0 Å². The molecule has 0 aromatic rings. The van der Waals surface area contributed by atoms with Gasteiger partial charge in [-0.05, 0) is 32.1 Å². The molecule has 0 saturated heterocycles. The Morgan fingerprint density at radius 1 is 0.667 bits per heavy atom. The number of allylic oxidation sites excluding steroid dienone is 2. The zero-order valence-electron chi connectivity index (χ0n) is 19.2. The monoisotopic (exact) mass is 432 g/mol. The van der Waals surface area contributed by atoms with E-state index in [1.54, 1.807) is 0 Å². The first-order chi connectivity index (χ1) is 14.6. The number of hydrogen-bond acceptors (Lipinski definition) is 6. The summed E-state index contributed by atoms with van der Waals surface area (Å²) in [4.78, 5) is 10.1. The van der Waals surface area contributed by atoms with Gasteiger partial charge in [0, 0.05) is 6.42 Å². The van der Waals surface area contributed by atoms with Crippen LogP contribution in [0.3, 0.4) is 0 Å². The van der Waals surface area contributed by atoms with E-state index in [0.29, 0.717) is 0 Å². The normalized spacial score (nSPS) is 13.1. The summed E-state index contributed by atoms with van der Waals surface area (Å²) in [5.74, 6) is 0. The van der Waals surface area contributed by atoms with Crippen molar-refractivity contribution < 1.29 is 30.0 Å². The molecule has 0 saturated carbocycles. The first-order valence-electron chi connectivity index (χ1n) is 11.9. The number of rotatable bonds is 21. The SMILES string of the molecule is CCCCCCCCC=CCCCCCCCC=O.OCC(O)COCC(O)CO. The molecule has 0 bridgehead atoms. The lowest BCUT2D eigenvalue weighted by Crippen LogP contribution is -2.25. The number of hydrogen-bond donors (Lipinski definition) is 4. The highest BCUT2D eigenvalue weighted by Gasteiger charge is 2.05. The van der Waals surface area contributed by atoms with Crippen LogP contribution in [-0.2, 0) is 9.53 Å². The molecule has 6 nitrogen and oxygen atoms in total. The topological polar surface area (TPSA) is 107 Å². The van der Waals surface area contributed by atoms with Crippen molar-refractivity contribution >= 4 is 6.29 Å². The molecule has 0 aliphatic rings. The summed E-state index contributed by atoms with van der Waals surface area (Å²) in [7, 11) is 0. The fourth-order valence-corrected chi connectivity index (χ4v) is 2.74. The van der Waals surface area contributed by atoms with E-state index >= 15 is 0 Å². The van der Waals surface area contributed by atoms with Gasteiger partial charge in [0.15, 0.2) is 0 Å². The zero-order valence-corrected chi connectivity index (χ0v) is 19.2. The molecule has 0 heterocycles. The number of carbonyl (C=O) groups is 1. The summed E-state index contributed by atoms with van der Waals surface area (Å²) in [5.41, 5.74) is 0. The van der Waals surface area contributed by atoms with E-state index in [-0.39, 0.29) is 26.4 Å². The molecule has 0 aromatic carbocycles. The second kappa shape index (κ2) is 28.2. The minimum absolute atomic E-state index is 0.0342. The highest BCUT2D eigenvalue weighted by Crippen LogP contribution is 2.09. The molecule has 2 atom stereocenters. The molecule has 0 aromatic heterocycles. The van der Waals surface area contributed by atoms with Crippen molar-refractivity contribution in [3.8, 4) is 0 Å². The predicted molar refractivity (Wildman–Crippen MR) is 123 cm³/mol. The molecule has 0 fully saturated rings. The lowest BCUT2D eigenvalue weighted by molar-refractivity contribution is -0.107. The third-order valence-corrected chi connectivity index (χ3v) is 4.63. The standard InChI is InChI=1S/C18H34O.C6H14O5/c1-2-3-4-5-6-7-8-9-10-11-12-13-14-15-16-17-18-19;7-1-5(9)3-11-4-6(10)2-8/h9-10,18H,2-8,11-17H2,1H3;5-10H,1-4H2. The molecule has 180 valence electrons. The van der Waals surface area contributed by atoms with Crippen molar-refractivity contribution in [2.45, 2.75) is 109 Å². The third-order valence-electron chi connectivity index (χ3n) is 4.63. The Balaban J connectivity index is 0.